The van der Waals surface area contributed by atoms with Gasteiger partial charge in [0.1, 0.15) is 0 Å². The van der Waals surface area contributed by atoms with Gasteiger partial charge in [0.15, 0.2) is 0 Å². The second-order valence-electron chi connectivity index (χ2n) is 4.87. The molecule has 2 aromatic rings. The lowest BCUT2D eigenvalue weighted by molar-refractivity contribution is -0.123. The first-order valence-electron chi connectivity index (χ1n) is 6.71. The number of carbonyl (C=O) groups excluding carboxylic acids is 3. The third-order valence-electron chi connectivity index (χ3n) is 3.08. The Kier molecular flexibility index (Phi) is 5.15. The van der Waals surface area contributed by atoms with Gasteiger partial charge in [-0.3, -0.25) is 14.4 Å². The number of primary amides is 1. The highest BCUT2D eigenvalue weighted by molar-refractivity contribution is 6.31. The molecule has 1 aromatic heterocycles. The lowest BCUT2D eigenvalue weighted by Crippen LogP contribution is -2.39. The fourth-order valence-corrected chi connectivity index (χ4v) is 2.14. The number of H-pyrrole nitrogens is 1. The molecule has 0 saturated heterocycles. The van der Waals surface area contributed by atoms with E-state index in [0.29, 0.717) is 10.7 Å². The standard InChI is InChI=1S/C15H15ClN4O3/c16-8-3-4-11(20-15(23)10(17)7-13(18)21)9(6-8)14(22)12-2-1-5-19-12/h1-6,10,19H,7,17H2,(H2,18,21)(H,20,23)/t10-/m0/s1. The van der Waals surface area contributed by atoms with Crippen molar-refractivity contribution in [3.63, 3.8) is 0 Å². The number of carbonyl (C=O) groups is 3. The van der Waals surface area contributed by atoms with Crippen LogP contribution in [0.25, 0.3) is 0 Å². The van der Waals surface area contributed by atoms with Gasteiger partial charge in [0.2, 0.25) is 17.6 Å². The molecule has 0 aliphatic carbocycles. The zero-order valence-corrected chi connectivity index (χ0v) is 12.8. The Balaban J connectivity index is 2.27. The Morgan fingerprint density at radius 2 is 2.00 bits per heavy atom. The molecule has 0 unspecified atom stereocenters. The first-order valence-corrected chi connectivity index (χ1v) is 7.08. The number of amides is 2. The molecule has 0 radical (unpaired) electrons. The maximum atomic E-state index is 12.5. The van der Waals surface area contributed by atoms with E-state index in [4.69, 9.17) is 23.1 Å². The number of anilines is 1. The Morgan fingerprint density at radius 3 is 2.61 bits per heavy atom. The van der Waals surface area contributed by atoms with Crippen LogP contribution in [0.15, 0.2) is 36.5 Å². The van der Waals surface area contributed by atoms with Crippen molar-refractivity contribution in [1.29, 1.82) is 0 Å². The van der Waals surface area contributed by atoms with Crippen LogP contribution >= 0.6 is 11.6 Å². The van der Waals surface area contributed by atoms with Crippen molar-refractivity contribution in [2.45, 2.75) is 12.5 Å². The van der Waals surface area contributed by atoms with Gasteiger partial charge in [0, 0.05) is 16.8 Å². The van der Waals surface area contributed by atoms with Gasteiger partial charge >= 0.3 is 0 Å². The highest BCUT2D eigenvalue weighted by Crippen LogP contribution is 2.23. The highest BCUT2D eigenvalue weighted by atomic mass is 35.5. The van der Waals surface area contributed by atoms with Crippen molar-refractivity contribution in [3.8, 4) is 0 Å². The molecule has 0 fully saturated rings. The number of hydrogen-bond donors (Lipinski definition) is 4. The van der Waals surface area contributed by atoms with Crippen LogP contribution in [0.3, 0.4) is 0 Å². The van der Waals surface area contributed by atoms with E-state index in [-0.39, 0.29) is 23.5 Å². The normalized spacial score (nSPS) is 11.7. The SMILES string of the molecule is NC(=O)C[C@H](N)C(=O)Nc1ccc(Cl)cc1C(=O)c1ccc[nH]1. The van der Waals surface area contributed by atoms with Crippen LogP contribution in [0.1, 0.15) is 22.5 Å². The number of rotatable bonds is 6. The van der Waals surface area contributed by atoms with E-state index < -0.39 is 17.9 Å². The molecule has 6 N–H and O–H groups in total. The Bertz CT molecular complexity index is 743. The first-order chi connectivity index (χ1) is 10.9. The topological polar surface area (TPSA) is 131 Å². The van der Waals surface area contributed by atoms with Crippen molar-refractivity contribution < 1.29 is 14.4 Å². The fraction of sp³-hybridized carbons (Fsp3) is 0.133. The molecule has 1 heterocycles. The second-order valence-corrected chi connectivity index (χ2v) is 5.31. The average Bonchev–Trinajstić information content (AvgIpc) is 3.01. The number of ketones is 1. The number of nitrogens with one attached hydrogen (secondary N) is 2. The number of halogens is 1. The summed E-state index contributed by atoms with van der Waals surface area (Å²) in [5.74, 6) is -1.64. The van der Waals surface area contributed by atoms with Crippen LogP contribution in [0.4, 0.5) is 5.69 Å². The third-order valence-corrected chi connectivity index (χ3v) is 3.32. The maximum Gasteiger partial charge on any atom is 0.241 e. The van der Waals surface area contributed by atoms with Crippen molar-refractivity contribution in [2.75, 3.05) is 5.32 Å². The molecule has 23 heavy (non-hydrogen) atoms. The predicted molar refractivity (Wildman–Crippen MR) is 86.1 cm³/mol. The van der Waals surface area contributed by atoms with E-state index >= 15 is 0 Å². The molecule has 120 valence electrons. The Hall–Kier alpha value is -2.64. The third kappa shape index (κ3) is 4.18. The van der Waals surface area contributed by atoms with E-state index in [0.717, 1.165) is 0 Å². The van der Waals surface area contributed by atoms with Crippen LogP contribution in [-0.4, -0.2) is 28.6 Å². The molecule has 1 atom stereocenters. The number of aromatic amines is 1. The molecule has 0 aliphatic rings. The van der Waals surface area contributed by atoms with Gasteiger partial charge in [-0.25, -0.2) is 0 Å². The van der Waals surface area contributed by atoms with Crippen LogP contribution in [0, 0.1) is 0 Å². The van der Waals surface area contributed by atoms with Crippen LogP contribution in [0.5, 0.6) is 0 Å². The summed E-state index contributed by atoms with van der Waals surface area (Å²) in [5, 5.41) is 2.87. The van der Waals surface area contributed by atoms with E-state index in [1.54, 1.807) is 18.3 Å². The lowest BCUT2D eigenvalue weighted by Gasteiger charge is -2.13. The van der Waals surface area contributed by atoms with E-state index in [1.165, 1.54) is 18.2 Å². The molecular weight excluding hydrogens is 320 g/mol. The van der Waals surface area contributed by atoms with Crippen LogP contribution in [-0.2, 0) is 9.59 Å². The molecule has 0 bridgehead atoms. The Morgan fingerprint density at radius 1 is 1.26 bits per heavy atom. The molecule has 2 amide bonds. The molecule has 2 rings (SSSR count). The van der Waals surface area contributed by atoms with Crippen molar-refractivity contribution in [1.82, 2.24) is 4.98 Å². The van der Waals surface area contributed by atoms with Crippen molar-refractivity contribution in [3.05, 3.63) is 52.8 Å². The summed E-state index contributed by atoms with van der Waals surface area (Å²) < 4.78 is 0. The van der Waals surface area contributed by atoms with E-state index in [1.807, 2.05) is 0 Å². The molecule has 0 saturated carbocycles. The number of benzene rings is 1. The van der Waals surface area contributed by atoms with Gasteiger partial charge in [-0.1, -0.05) is 11.6 Å². The Labute approximate surface area is 137 Å². The lowest BCUT2D eigenvalue weighted by atomic mass is 10.1. The van der Waals surface area contributed by atoms with Crippen molar-refractivity contribution in [2.24, 2.45) is 11.5 Å². The average molecular weight is 335 g/mol. The minimum atomic E-state index is -1.10. The monoisotopic (exact) mass is 334 g/mol. The van der Waals surface area contributed by atoms with Crippen molar-refractivity contribution >= 4 is 34.9 Å². The van der Waals surface area contributed by atoms with Gasteiger partial charge in [0.25, 0.3) is 0 Å². The minimum Gasteiger partial charge on any atom is -0.370 e. The number of hydrogen-bond acceptors (Lipinski definition) is 4. The zero-order chi connectivity index (χ0) is 17.0. The number of aromatic nitrogens is 1. The molecule has 7 nitrogen and oxygen atoms in total. The highest BCUT2D eigenvalue weighted by Gasteiger charge is 2.20. The maximum absolute atomic E-state index is 12.5. The summed E-state index contributed by atoms with van der Waals surface area (Å²) in [5.41, 5.74) is 11.4. The van der Waals surface area contributed by atoms with Gasteiger partial charge < -0.3 is 21.8 Å². The summed E-state index contributed by atoms with van der Waals surface area (Å²) in [6.07, 6.45) is 1.32. The fourth-order valence-electron chi connectivity index (χ4n) is 1.96. The molecule has 0 aliphatic heterocycles. The summed E-state index contributed by atoms with van der Waals surface area (Å²) in [6.45, 7) is 0. The van der Waals surface area contributed by atoms with Gasteiger partial charge in [-0.15, -0.1) is 0 Å². The summed E-state index contributed by atoms with van der Waals surface area (Å²) >= 11 is 5.93. The first kappa shape index (κ1) is 16.7. The van der Waals surface area contributed by atoms with Gasteiger partial charge in [-0.05, 0) is 30.3 Å². The molecular formula is C15H15ClN4O3. The minimum absolute atomic E-state index is 0.208. The van der Waals surface area contributed by atoms with E-state index in [2.05, 4.69) is 10.3 Å². The van der Waals surface area contributed by atoms with Crippen LogP contribution in [0.2, 0.25) is 5.02 Å². The van der Waals surface area contributed by atoms with Gasteiger partial charge in [-0.2, -0.15) is 0 Å². The summed E-state index contributed by atoms with van der Waals surface area (Å²) in [7, 11) is 0. The molecule has 1 aromatic carbocycles. The van der Waals surface area contributed by atoms with Crippen LogP contribution < -0.4 is 16.8 Å². The molecule has 0 spiro atoms. The largest absolute Gasteiger partial charge is 0.370 e. The molecule has 8 heteroatoms. The summed E-state index contributed by atoms with van der Waals surface area (Å²) in [6, 6.07) is 6.65. The smallest absolute Gasteiger partial charge is 0.241 e. The summed E-state index contributed by atoms with van der Waals surface area (Å²) in [4.78, 5) is 38.1. The van der Waals surface area contributed by atoms with E-state index in [9.17, 15) is 14.4 Å². The quantitative estimate of drug-likeness (QED) is 0.588. The number of nitrogens with two attached hydrogens (primary N) is 2. The second kappa shape index (κ2) is 7.08. The van der Waals surface area contributed by atoms with Gasteiger partial charge in [0.05, 0.1) is 23.8 Å². The predicted octanol–water partition coefficient (Wildman–Crippen LogP) is 1.04. The zero-order valence-electron chi connectivity index (χ0n) is 12.0.